The summed E-state index contributed by atoms with van der Waals surface area (Å²) in [5.74, 6) is 2.11. The highest BCUT2D eigenvalue weighted by molar-refractivity contribution is 5.35. The maximum atomic E-state index is 5.85. The third-order valence-electron chi connectivity index (χ3n) is 5.68. The maximum Gasteiger partial charge on any atom is 0.118 e. The molecule has 3 heteroatoms. The van der Waals surface area contributed by atoms with Gasteiger partial charge < -0.3 is 14.8 Å². The standard InChI is InChI=1S/C24H33NO2/c1-24(2)17-19(14-16-27-24)18-25-15-13-23(20-7-5-4-6-8-20)21-9-11-22(26-3)12-10-21/h4-12,19,23,25H,13-18H2,1-3H3/p+1/t19-,23-/m1/s1. The fraction of sp³-hybridized carbons (Fsp3) is 0.500. The van der Waals surface area contributed by atoms with Gasteiger partial charge in [-0.15, -0.1) is 0 Å². The van der Waals surface area contributed by atoms with Gasteiger partial charge in [0.25, 0.3) is 0 Å². The molecule has 1 heterocycles. The van der Waals surface area contributed by atoms with E-state index in [0.717, 1.165) is 31.2 Å². The fourth-order valence-corrected chi connectivity index (χ4v) is 4.24. The van der Waals surface area contributed by atoms with Crippen molar-refractivity contribution in [3.05, 3.63) is 65.7 Å². The second-order valence-corrected chi connectivity index (χ2v) is 8.31. The molecule has 0 saturated carbocycles. The minimum atomic E-state index is 0.0480. The smallest absolute Gasteiger partial charge is 0.118 e. The van der Waals surface area contributed by atoms with Crippen LogP contribution in [-0.4, -0.2) is 32.4 Å². The van der Waals surface area contributed by atoms with Gasteiger partial charge in [0.05, 0.1) is 25.8 Å². The summed E-state index contributed by atoms with van der Waals surface area (Å²) in [5.41, 5.74) is 2.80. The summed E-state index contributed by atoms with van der Waals surface area (Å²) in [6, 6.07) is 19.4. The minimum Gasteiger partial charge on any atom is -0.497 e. The first kappa shape index (κ1) is 19.9. The molecule has 3 nitrogen and oxygen atoms in total. The first-order chi connectivity index (χ1) is 13.1. The van der Waals surface area contributed by atoms with E-state index in [1.807, 2.05) is 0 Å². The van der Waals surface area contributed by atoms with Crippen molar-refractivity contribution < 1.29 is 14.8 Å². The second-order valence-electron chi connectivity index (χ2n) is 8.31. The molecule has 0 aromatic heterocycles. The van der Waals surface area contributed by atoms with Crippen molar-refractivity contribution in [3.63, 3.8) is 0 Å². The summed E-state index contributed by atoms with van der Waals surface area (Å²) < 4.78 is 11.2. The van der Waals surface area contributed by atoms with Crippen LogP contribution in [0.4, 0.5) is 0 Å². The molecule has 0 radical (unpaired) electrons. The van der Waals surface area contributed by atoms with E-state index in [-0.39, 0.29) is 5.60 Å². The normalized spacial score (nSPS) is 20.2. The topological polar surface area (TPSA) is 35.1 Å². The van der Waals surface area contributed by atoms with Gasteiger partial charge in [0, 0.05) is 24.9 Å². The van der Waals surface area contributed by atoms with Gasteiger partial charge in [-0.25, -0.2) is 0 Å². The first-order valence-corrected chi connectivity index (χ1v) is 10.2. The van der Waals surface area contributed by atoms with Crippen LogP contribution in [-0.2, 0) is 4.74 Å². The van der Waals surface area contributed by atoms with E-state index in [1.54, 1.807) is 7.11 Å². The second kappa shape index (κ2) is 9.38. The Kier molecular flexibility index (Phi) is 6.92. The maximum absolute atomic E-state index is 5.85. The molecule has 0 aliphatic carbocycles. The van der Waals surface area contributed by atoms with Crippen LogP contribution in [0, 0.1) is 5.92 Å². The van der Waals surface area contributed by atoms with E-state index in [1.165, 1.54) is 30.5 Å². The molecule has 2 atom stereocenters. The number of quaternary nitrogens is 1. The summed E-state index contributed by atoms with van der Waals surface area (Å²) in [5, 5.41) is 2.51. The van der Waals surface area contributed by atoms with Gasteiger partial charge >= 0.3 is 0 Å². The highest BCUT2D eigenvalue weighted by atomic mass is 16.5. The number of benzene rings is 2. The average molecular weight is 369 g/mol. The van der Waals surface area contributed by atoms with Gasteiger partial charge in [-0.2, -0.15) is 0 Å². The first-order valence-electron chi connectivity index (χ1n) is 10.2. The van der Waals surface area contributed by atoms with Gasteiger partial charge in [0.1, 0.15) is 5.75 Å². The Morgan fingerprint density at radius 3 is 2.44 bits per heavy atom. The molecule has 0 unspecified atom stereocenters. The van der Waals surface area contributed by atoms with Crippen molar-refractivity contribution in [3.8, 4) is 5.75 Å². The molecule has 0 spiro atoms. The molecular formula is C24H34NO2+. The lowest BCUT2D eigenvalue weighted by atomic mass is 9.87. The van der Waals surface area contributed by atoms with Crippen LogP contribution in [0.3, 0.4) is 0 Å². The number of nitrogens with two attached hydrogens (primary N) is 1. The van der Waals surface area contributed by atoms with Gasteiger partial charge in [-0.3, -0.25) is 0 Å². The largest absolute Gasteiger partial charge is 0.497 e. The number of rotatable bonds is 8. The average Bonchev–Trinajstić information content (AvgIpc) is 2.68. The molecular weight excluding hydrogens is 334 g/mol. The molecule has 146 valence electrons. The molecule has 2 N–H and O–H groups in total. The van der Waals surface area contributed by atoms with E-state index >= 15 is 0 Å². The van der Waals surface area contributed by atoms with Crippen molar-refractivity contribution >= 4 is 0 Å². The lowest BCUT2D eigenvalue weighted by Crippen LogP contribution is -2.86. The van der Waals surface area contributed by atoms with E-state index in [9.17, 15) is 0 Å². The Bertz CT molecular complexity index is 681. The monoisotopic (exact) mass is 368 g/mol. The predicted molar refractivity (Wildman–Crippen MR) is 110 cm³/mol. The number of methoxy groups -OCH3 is 1. The third-order valence-corrected chi connectivity index (χ3v) is 5.68. The summed E-state index contributed by atoms with van der Waals surface area (Å²) in [7, 11) is 1.72. The van der Waals surface area contributed by atoms with Crippen LogP contribution in [0.2, 0.25) is 0 Å². The third kappa shape index (κ3) is 5.82. The molecule has 1 saturated heterocycles. The predicted octanol–water partition coefficient (Wildman–Crippen LogP) is 3.99. The molecule has 2 aromatic carbocycles. The van der Waals surface area contributed by atoms with Gasteiger partial charge in [0.2, 0.25) is 0 Å². The molecule has 0 bridgehead atoms. The van der Waals surface area contributed by atoms with Gasteiger partial charge in [-0.1, -0.05) is 42.5 Å². The van der Waals surface area contributed by atoms with Crippen LogP contribution in [0.25, 0.3) is 0 Å². The quantitative estimate of drug-likeness (QED) is 0.715. The van der Waals surface area contributed by atoms with Crippen LogP contribution in [0.1, 0.15) is 50.2 Å². The minimum absolute atomic E-state index is 0.0480. The van der Waals surface area contributed by atoms with Crippen molar-refractivity contribution in [2.24, 2.45) is 5.92 Å². The molecule has 0 amide bonds. The summed E-state index contributed by atoms with van der Waals surface area (Å²) in [6.07, 6.45) is 3.51. The lowest BCUT2D eigenvalue weighted by Gasteiger charge is -2.34. The highest BCUT2D eigenvalue weighted by Gasteiger charge is 2.29. The number of hydrogen-bond donors (Lipinski definition) is 1. The molecule has 1 fully saturated rings. The summed E-state index contributed by atoms with van der Waals surface area (Å²) >= 11 is 0. The Hall–Kier alpha value is -1.84. The van der Waals surface area contributed by atoms with Crippen LogP contribution in [0.15, 0.2) is 54.6 Å². The molecule has 2 aromatic rings. The Balaban J connectivity index is 1.58. The van der Waals surface area contributed by atoms with Crippen molar-refractivity contribution in [2.75, 3.05) is 26.8 Å². The van der Waals surface area contributed by atoms with Crippen molar-refractivity contribution in [2.45, 2.75) is 44.6 Å². The molecule has 1 aliphatic heterocycles. The Labute approximate surface area is 164 Å². The fourth-order valence-electron chi connectivity index (χ4n) is 4.24. The Morgan fingerprint density at radius 1 is 1.07 bits per heavy atom. The number of hydrogen-bond acceptors (Lipinski definition) is 2. The molecule has 1 aliphatic rings. The van der Waals surface area contributed by atoms with E-state index in [4.69, 9.17) is 9.47 Å². The van der Waals surface area contributed by atoms with E-state index < -0.39 is 0 Å². The van der Waals surface area contributed by atoms with Crippen LogP contribution >= 0.6 is 0 Å². The zero-order valence-electron chi connectivity index (χ0n) is 17.0. The van der Waals surface area contributed by atoms with Gasteiger partial charge in [-0.05, 0) is 49.9 Å². The Morgan fingerprint density at radius 2 is 1.78 bits per heavy atom. The highest BCUT2D eigenvalue weighted by Crippen LogP contribution is 2.29. The number of ether oxygens (including phenoxy) is 2. The van der Waals surface area contributed by atoms with Crippen LogP contribution in [0.5, 0.6) is 5.75 Å². The van der Waals surface area contributed by atoms with E-state index in [0.29, 0.717) is 5.92 Å². The van der Waals surface area contributed by atoms with Crippen LogP contribution < -0.4 is 10.1 Å². The van der Waals surface area contributed by atoms with E-state index in [2.05, 4.69) is 73.8 Å². The SMILES string of the molecule is COc1ccc([C@H](CC[NH2+]C[C@@H]2CCOC(C)(C)C2)c2ccccc2)cc1. The summed E-state index contributed by atoms with van der Waals surface area (Å²) in [6.45, 7) is 7.69. The van der Waals surface area contributed by atoms with Crippen molar-refractivity contribution in [1.29, 1.82) is 0 Å². The zero-order chi connectivity index (χ0) is 19.1. The van der Waals surface area contributed by atoms with Crippen molar-refractivity contribution in [1.82, 2.24) is 0 Å². The lowest BCUT2D eigenvalue weighted by molar-refractivity contribution is -0.661. The molecule has 27 heavy (non-hydrogen) atoms. The van der Waals surface area contributed by atoms with Gasteiger partial charge in [0.15, 0.2) is 0 Å². The summed E-state index contributed by atoms with van der Waals surface area (Å²) in [4.78, 5) is 0. The molecule has 3 rings (SSSR count). The zero-order valence-corrected chi connectivity index (χ0v) is 17.0.